The number of phenolic OH excluding ortho intramolecular Hbond substituents is 1. The second kappa shape index (κ2) is 12.7. The van der Waals surface area contributed by atoms with Gasteiger partial charge in [0.2, 0.25) is 10.0 Å². The number of methoxy groups -OCH3 is 1. The van der Waals surface area contributed by atoms with E-state index in [1.54, 1.807) is 31.2 Å². The zero-order valence-corrected chi connectivity index (χ0v) is 23.0. The number of urea groups is 1. The Hall–Kier alpha value is -3.47. The maximum Gasteiger partial charge on any atom is 0.332 e. The van der Waals surface area contributed by atoms with E-state index in [-0.39, 0.29) is 16.9 Å². The topological polar surface area (TPSA) is 140 Å². The quantitative estimate of drug-likeness (QED) is 0.263. The number of amides is 2. The van der Waals surface area contributed by atoms with Crippen molar-refractivity contribution in [3.8, 4) is 23.0 Å². The molecule has 0 bridgehead atoms. The Kier molecular flexibility index (Phi) is 10.2. The maximum atomic E-state index is 12.5. The number of carbonyl (C=O) groups is 2. The number of unbranched alkanes of at least 4 members (excludes halogenated alkanes) is 1. The minimum atomic E-state index is -3.69. The SMILES string of the molecule is COc1ccc(NC(=O)NS(C)(=O)=O)cc1OCCCCOc1ccc(C(=O)CC(C)(C)C)c(O)c1C. The van der Waals surface area contributed by atoms with Crippen LogP contribution in [0.4, 0.5) is 10.5 Å². The molecule has 0 radical (unpaired) electrons. The van der Waals surface area contributed by atoms with Crippen LogP contribution in [0.25, 0.3) is 0 Å². The monoisotopic (exact) mass is 536 g/mol. The van der Waals surface area contributed by atoms with Crippen molar-refractivity contribution >= 4 is 27.5 Å². The minimum absolute atomic E-state index is 0.0547. The number of ketones is 1. The van der Waals surface area contributed by atoms with Crippen LogP contribution in [0.5, 0.6) is 23.0 Å². The highest BCUT2D eigenvalue weighted by atomic mass is 32.2. The molecule has 0 atom stereocenters. The Morgan fingerprint density at radius 1 is 0.973 bits per heavy atom. The number of anilines is 1. The molecule has 2 aromatic carbocycles. The number of Topliss-reactive ketones (excluding diaryl/α,β-unsaturated/α-hetero) is 1. The molecule has 0 saturated carbocycles. The lowest BCUT2D eigenvalue weighted by Gasteiger charge is -2.18. The summed E-state index contributed by atoms with van der Waals surface area (Å²) < 4.78 is 41.1. The molecule has 3 N–H and O–H groups in total. The first kappa shape index (κ1) is 29.8. The lowest BCUT2D eigenvalue weighted by molar-refractivity contribution is 0.0937. The van der Waals surface area contributed by atoms with Crippen molar-refractivity contribution in [2.24, 2.45) is 5.41 Å². The van der Waals surface area contributed by atoms with Gasteiger partial charge in [0.15, 0.2) is 17.3 Å². The van der Waals surface area contributed by atoms with Gasteiger partial charge >= 0.3 is 6.03 Å². The van der Waals surface area contributed by atoms with E-state index < -0.39 is 16.1 Å². The number of hydrogen-bond donors (Lipinski definition) is 3. The summed E-state index contributed by atoms with van der Waals surface area (Å²) in [5.41, 5.74) is 0.973. The van der Waals surface area contributed by atoms with Crippen LogP contribution < -0.4 is 24.2 Å². The van der Waals surface area contributed by atoms with Gasteiger partial charge in [0.1, 0.15) is 11.5 Å². The Balaban J connectivity index is 1.87. The van der Waals surface area contributed by atoms with Gasteiger partial charge < -0.3 is 24.6 Å². The number of nitrogens with one attached hydrogen (secondary N) is 2. The molecule has 2 amide bonds. The molecule has 0 saturated heterocycles. The summed E-state index contributed by atoms with van der Waals surface area (Å²) in [6.07, 6.45) is 2.51. The van der Waals surface area contributed by atoms with E-state index in [4.69, 9.17) is 14.2 Å². The molecule has 37 heavy (non-hydrogen) atoms. The summed E-state index contributed by atoms with van der Waals surface area (Å²) in [7, 11) is -2.20. The molecule has 2 aromatic rings. The predicted molar refractivity (Wildman–Crippen MR) is 141 cm³/mol. The molecule has 0 aromatic heterocycles. The van der Waals surface area contributed by atoms with Crippen molar-refractivity contribution < 1.29 is 37.3 Å². The maximum absolute atomic E-state index is 12.5. The van der Waals surface area contributed by atoms with Crippen molar-refractivity contribution in [3.63, 3.8) is 0 Å². The smallest absolute Gasteiger partial charge is 0.332 e. The Morgan fingerprint density at radius 2 is 1.57 bits per heavy atom. The lowest BCUT2D eigenvalue weighted by Crippen LogP contribution is -2.33. The van der Waals surface area contributed by atoms with Gasteiger partial charge in [-0.15, -0.1) is 0 Å². The van der Waals surface area contributed by atoms with E-state index in [1.807, 2.05) is 25.5 Å². The largest absolute Gasteiger partial charge is 0.507 e. The first-order chi connectivity index (χ1) is 17.2. The number of ether oxygens (including phenoxy) is 3. The molecular weight excluding hydrogens is 500 g/mol. The fourth-order valence-electron chi connectivity index (χ4n) is 3.40. The number of aromatic hydroxyl groups is 1. The summed E-state index contributed by atoms with van der Waals surface area (Å²) >= 11 is 0. The number of rotatable bonds is 12. The molecule has 0 fully saturated rings. The van der Waals surface area contributed by atoms with Crippen molar-refractivity contribution in [3.05, 3.63) is 41.5 Å². The van der Waals surface area contributed by atoms with Gasteiger partial charge in [-0.3, -0.25) is 4.79 Å². The van der Waals surface area contributed by atoms with E-state index in [1.165, 1.54) is 13.2 Å². The number of benzene rings is 2. The zero-order chi connectivity index (χ0) is 27.8. The van der Waals surface area contributed by atoms with Gasteiger partial charge in [-0.1, -0.05) is 20.8 Å². The first-order valence-electron chi connectivity index (χ1n) is 11.8. The van der Waals surface area contributed by atoms with Crippen LogP contribution in [0.3, 0.4) is 0 Å². The van der Waals surface area contributed by atoms with Crippen molar-refractivity contribution in [2.75, 3.05) is 31.9 Å². The molecule has 11 heteroatoms. The van der Waals surface area contributed by atoms with Crippen molar-refractivity contribution in [1.29, 1.82) is 0 Å². The zero-order valence-electron chi connectivity index (χ0n) is 22.1. The third kappa shape index (κ3) is 9.83. The van der Waals surface area contributed by atoms with Crippen LogP contribution in [-0.2, 0) is 10.0 Å². The summed E-state index contributed by atoms with van der Waals surface area (Å²) in [5.74, 6) is 1.19. The van der Waals surface area contributed by atoms with Crippen LogP contribution in [-0.4, -0.2) is 51.9 Å². The fraction of sp³-hybridized carbons (Fsp3) is 0.462. The molecule has 0 spiro atoms. The van der Waals surface area contributed by atoms with E-state index in [9.17, 15) is 23.1 Å². The summed E-state index contributed by atoms with van der Waals surface area (Å²) in [5, 5.41) is 12.9. The highest BCUT2D eigenvalue weighted by Crippen LogP contribution is 2.33. The van der Waals surface area contributed by atoms with E-state index >= 15 is 0 Å². The average molecular weight is 537 g/mol. The van der Waals surface area contributed by atoms with Crippen molar-refractivity contribution in [1.82, 2.24) is 4.72 Å². The fourth-order valence-corrected chi connectivity index (χ4v) is 3.79. The van der Waals surface area contributed by atoms with Crippen LogP contribution in [0.15, 0.2) is 30.3 Å². The number of sulfonamides is 1. The first-order valence-corrected chi connectivity index (χ1v) is 13.7. The number of phenols is 1. The predicted octanol–water partition coefficient (Wildman–Crippen LogP) is 4.65. The molecule has 0 aliphatic heterocycles. The van der Waals surface area contributed by atoms with Crippen LogP contribution in [0.1, 0.15) is 56.0 Å². The van der Waals surface area contributed by atoms with Gasteiger partial charge in [-0.2, -0.15) is 0 Å². The van der Waals surface area contributed by atoms with E-state index in [0.717, 1.165) is 6.26 Å². The molecule has 0 aliphatic carbocycles. The number of hydrogen-bond acceptors (Lipinski definition) is 8. The second-order valence-electron chi connectivity index (χ2n) is 9.84. The average Bonchev–Trinajstić information content (AvgIpc) is 2.76. The van der Waals surface area contributed by atoms with Gasteiger partial charge in [0, 0.05) is 23.7 Å². The van der Waals surface area contributed by atoms with Gasteiger partial charge in [0.05, 0.1) is 32.1 Å². The van der Waals surface area contributed by atoms with Crippen molar-refractivity contribution in [2.45, 2.75) is 47.0 Å². The molecular formula is C26H36N2O8S. The molecule has 0 aliphatic rings. The van der Waals surface area contributed by atoms with E-state index in [2.05, 4.69) is 5.32 Å². The molecule has 204 valence electrons. The summed E-state index contributed by atoms with van der Waals surface area (Å²) in [4.78, 5) is 24.3. The van der Waals surface area contributed by atoms with Crippen LogP contribution >= 0.6 is 0 Å². The molecule has 10 nitrogen and oxygen atoms in total. The van der Waals surface area contributed by atoms with Crippen LogP contribution in [0.2, 0.25) is 0 Å². The molecule has 0 heterocycles. The minimum Gasteiger partial charge on any atom is -0.507 e. The Labute approximate surface area is 218 Å². The summed E-state index contributed by atoms with van der Waals surface area (Å²) in [6, 6.07) is 7.10. The Bertz CT molecular complexity index is 1220. The third-order valence-corrected chi connectivity index (χ3v) is 5.68. The highest BCUT2D eigenvalue weighted by molar-refractivity contribution is 7.89. The third-order valence-electron chi connectivity index (χ3n) is 5.13. The highest BCUT2D eigenvalue weighted by Gasteiger charge is 2.21. The molecule has 2 rings (SSSR count). The summed E-state index contributed by atoms with van der Waals surface area (Å²) in [6.45, 7) is 8.35. The van der Waals surface area contributed by atoms with Gasteiger partial charge in [-0.25, -0.2) is 17.9 Å². The van der Waals surface area contributed by atoms with E-state index in [0.29, 0.717) is 66.5 Å². The van der Waals surface area contributed by atoms with Gasteiger partial charge in [-0.05, 0) is 49.4 Å². The van der Waals surface area contributed by atoms with Gasteiger partial charge in [0.25, 0.3) is 0 Å². The molecule has 0 unspecified atom stereocenters. The van der Waals surface area contributed by atoms with Crippen LogP contribution in [0, 0.1) is 12.3 Å². The standard InChI is InChI=1S/C26H36N2O8S/c1-17-21(12-10-19(24(17)30)20(29)16-26(2,3)4)35-13-7-8-14-36-23-15-18(9-11-22(23)34-5)27-25(31)28-37(6,32)33/h9-12,15,30H,7-8,13-14,16H2,1-6H3,(H2,27,28,31). The second-order valence-corrected chi connectivity index (χ2v) is 11.6. The Morgan fingerprint density at radius 3 is 2.14 bits per heavy atom. The lowest BCUT2D eigenvalue weighted by atomic mass is 9.87. The number of carbonyl (C=O) groups excluding carboxylic acids is 2. The normalized spacial score (nSPS) is 11.5.